The van der Waals surface area contributed by atoms with Crippen molar-refractivity contribution in [3.8, 4) is 0 Å². The summed E-state index contributed by atoms with van der Waals surface area (Å²) in [5.41, 5.74) is 3.19. The molecule has 0 atom stereocenters. The zero-order valence-corrected chi connectivity index (χ0v) is 12.8. The Balaban J connectivity index is 0.000000422. The van der Waals surface area contributed by atoms with Gasteiger partial charge in [-0.25, -0.2) is 4.39 Å². The molecule has 0 heterocycles. The van der Waals surface area contributed by atoms with Gasteiger partial charge >= 0.3 is 0 Å². The molecule has 0 saturated carbocycles. The second-order valence-electron chi connectivity index (χ2n) is 4.36. The molecule has 2 aromatic rings. The summed E-state index contributed by atoms with van der Waals surface area (Å²) < 4.78 is 16.9. The van der Waals surface area contributed by atoms with Crippen molar-refractivity contribution in [2.24, 2.45) is 0 Å². The van der Waals surface area contributed by atoms with Crippen LogP contribution in [-0.4, -0.2) is 20.1 Å². The number of halogens is 1. The standard InChI is InChI=1S/C14H15FN2.C3H6O2/c1-16-13-6-8-14(9-7-13)17-10-11-2-4-12(15)5-3-11;1-2-5-3-4/h2-9,16-17H,10H2,1H3;3H,2H2,1H3. The van der Waals surface area contributed by atoms with E-state index in [1.807, 2.05) is 31.3 Å². The third kappa shape index (κ3) is 6.74. The highest BCUT2D eigenvalue weighted by molar-refractivity contribution is 5.53. The van der Waals surface area contributed by atoms with E-state index in [9.17, 15) is 9.18 Å². The first-order chi connectivity index (χ1) is 10.7. The maximum Gasteiger partial charge on any atom is 0.293 e. The van der Waals surface area contributed by atoms with Gasteiger partial charge in [-0.15, -0.1) is 0 Å². The minimum Gasteiger partial charge on any atom is -0.468 e. The quantitative estimate of drug-likeness (QED) is 0.800. The molecule has 0 unspecified atom stereocenters. The van der Waals surface area contributed by atoms with Crippen LogP contribution in [0.4, 0.5) is 15.8 Å². The van der Waals surface area contributed by atoms with Gasteiger partial charge in [0.2, 0.25) is 0 Å². The molecule has 0 aromatic heterocycles. The molecule has 2 rings (SSSR count). The molecule has 118 valence electrons. The third-order valence-electron chi connectivity index (χ3n) is 2.82. The monoisotopic (exact) mass is 304 g/mol. The van der Waals surface area contributed by atoms with E-state index in [1.165, 1.54) is 12.1 Å². The molecule has 0 saturated heterocycles. The zero-order chi connectivity index (χ0) is 16.2. The van der Waals surface area contributed by atoms with Crippen molar-refractivity contribution < 1.29 is 13.9 Å². The highest BCUT2D eigenvalue weighted by Gasteiger charge is 1.95. The van der Waals surface area contributed by atoms with Gasteiger partial charge in [-0.1, -0.05) is 12.1 Å². The van der Waals surface area contributed by atoms with Crippen molar-refractivity contribution in [2.45, 2.75) is 13.5 Å². The summed E-state index contributed by atoms with van der Waals surface area (Å²) >= 11 is 0. The fraction of sp³-hybridized carbons (Fsp3) is 0.235. The number of rotatable bonds is 6. The molecule has 0 spiro atoms. The summed E-state index contributed by atoms with van der Waals surface area (Å²) in [5, 5.41) is 6.35. The van der Waals surface area contributed by atoms with Crippen LogP contribution in [-0.2, 0) is 16.1 Å². The minimum atomic E-state index is -0.202. The van der Waals surface area contributed by atoms with Crippen molar-refractivity contribution in [3.63, 3.8) is 0 Å². The predicted molar refractivity (Wildman–Crippen MR) is 87.4 cm³/mol. The van der Waals surface area contributed by atoms with Gasteiger partial charge in [0, 0.05) is 25.0 Å². The van der Waals surface area contributed by atoms with E-state index >= 15 is 0 Å². The lowest BCUT2D eigenvalue weighted by Crippen LogP contribution is -1.99. The van der Waals surface area contributed by atoms with Crippen molar-refractivity contribution in [1.29, 1.82) is 0 Å². The van der Waals surface area contributed by atoms with Gasteiger partial charge in [-0.2, -0.15) is 0 Å². The fourth-order valence-corrected chi connectivity index (χ4v) is 1.63. The van der Waals surface area contributed by atoms with Crippen LogP contribution in [0, 0.1) is 5.82 Å². The number of ether oxygens (including phenoxy) is 1. The van der Waals surface area contributed by atoms with E-state index < -0.39 is 0 Å². The predicted octanol–water partition coefficient (Wildman–Crippen LogP) is 3.66. The summed E-state index contributed by atoms with van der Waals surface area (Å²) in [6.45, 7) is 3.36. The molecule has 22 heavy (non-hydrogen) atoms. The Morgan fingerprint density at radius 2 is 1.64 bits per heavy atom. The molecule has 0 radical (unpaired) electrons. The number of nitrogens with one attached hydrogen (secondary N) is 2. The van der Waals surface area contributed by atoms with Crippen LogP contribution in [0.2, 0.25) is 0 Å². The maximum atomic E-state index is 12.7. The SMILES string of the molecule is CCOC=O.CNc1ccc(NCc2ccc(F)cc2)cc1. The summed E-state index contributed by atoms with van der Waals surface area (Å²) in [5.74, 6) is -0.202. The van der Waals surface area contributed by atoms with Gasteiger partial charge in [-0.3, -0.25) is 4.79 Å². The van der Waals surface area contributed by atoms with E-state index in [-0.39, 0.29) is 5.82 Å². The van der Waals surface area contributed by atoms with Gasteiger partial charge in [0.15, 0.2) is 0 Å². The number of hydrogen-bond donors (Lipinski definition) is 2. The molecule has 0 aliphatic heterocycles. The Bertz CT molecular complexity index is 542. The van der Waals surface area contributed by atoms with E-state index in [1.54, 1.807) is 19.1 Å². The number of hydrogen-bond acceptors (Lipinski definition) is 4. The smallest absolute Gasteiger partial charge is 0.293 e. The maximum absolute atomic E-state index is 12.7. The Hall–Kier alpha value is -2.56. The molecule has 0 fully saturated rings. The molecule has 0 aliphatic carbocycles. The average Bonchev–Trinajstić information content (AvgIpc) is 2.56. The molecule has 2 aromatic carbocycles. The largest absolute Gasteiger partial charge is 0.468 e. The molecule has 2 N–H and O–H groups in total. The second-order valence-corrected chi connectivity index (χ2v) is 4.36. The van der Waals surface area contributed by atoms with E-state index in [4.69, 9.17) is 0 Å². The number of benzene rings is 2. The first-order valence-corrected chi connectivity index (χ1v) is 7.01. The van der Waals surface area contributed by atoms with E-state index in [2.05, 4.69) is 15.4 Å². The molecule has 0 amide bonds. The van der Waals surface area contributed by atoms with Gasteiger partial charge in [0.25, 0.3) is 6.47 Å². The van der Waals surface area contributed by atoms with Gasteiger partial charge in [-0.05, 0) is 48.9 Å². The van der Waals surface area contributed by atoms with Crippen LogP contribution in [0.15, 0.2) is 48.5 Å². The van der Waals surface area contributed by atoms with Gasteiger partial charge in [0.05, 0.1) is 6.61 Å². The summed E-state index contributed by atoms with van der Waals surface area (Å²) in [6, 6.07) is 14.5. The normalized spacial score (nSPS) is 9.23. The van der Waals surface area contributed by atoms with E-state index in [0.29, 0.717) is 19.6 Å². The molecule has 5 heteroatoms. The first-order valence-electron chi connectivity index (χ1n) is 7.01. The van der Waals surface area contributed by atoms with Crippen molar-refractivity contribution >= 4 is 17.8 Å². The Morgan fingerprint density at radius 3 is 2.09 bits per heavy atom. The Labute approximate surface area is 130 Å². The van der Waals surface area contributed by atoms with E-state index in [0.717, 1.165) is 16.9 Å². The zero-order valence-electron chi connectivity index (χ0n) is 12.8. The number of carbonyl (C=O) groups is 1. The van der Waals surface area contributed by atoms with Gasteiger partial charge < -0.3 is 15.4 Å². The van der Waals surface area contributed by atoms with Crippen LogP contribution in [0.5, 0.6) is 0 Å². The Kier molecular flexibility index (Phi) is 8.12. The topological polar surface area (TPSA) is 50.4 Å². The van der Waals surface area contributed by atoms with Crippen LogP contribution in [0.1, 0.15) is 12.5 Å². The minimum absolute atomic E-state index is 0.202. The Morgan fingerprint density at radius 1 is 1.05 bits per heavy atom. The highest BCUT2D eigenvalue weighted by Crippen LogP contribution is 2.14. The lowest BCUT2D eigenvalue weighted by molar-refractivity contribution is -0.128. The van der Waals surface area contributed by atoms with Crippen molar-refractivity contribution in [3.05, 3.63) is 59.9 Å². The number of carbonyl (C=O) groups excluding carboxylic acids is 1. The van der Waals surface area contributed by atoms with Crippen LogP contribution in [0.3, 0.4) is 0 Å². The third-order valence-corrected chi connectivity index (χ3v) is 2.82. The highest BCUT2D eigenvalue weighted by atomic mass is 19.1. The van der Waals surface area contributed by atoms with Crippen LogP contribution < -0.4 is 10.6 Å². The van der Waals surface area contributed by atoms with Gasteiger partial charge in [0.1, 0.15) is 5.82 Å². The van der Waals surface area contributed by atoms with Crippen LogP contribution >= 0.6 is 0 Å². The summed E-state index contributed by atoms with van der Waals surface area (Å²) in [4.78, 5) is 9.18. The first kappa shape index (κ1) is 17.5. The fourth-order valence-electron chi connectivity index (χ4n) is 1.63. The van der Waals surface area contributed by atoms with Crippen molar-refractivity contribution in [1.82, 2.24) is 0 Å². The molecular formula is C17H21FN2O2. The van der Waals surface area contributed by atoms with Crippen molar-refractivity contribution in [2.75, 3.05) is 24.3 Å². The molecular weight excluding hydrogens is 283 g/mol. The summed E-state index contributed by atoms with van der Waals surface area (Å²) in [7, 11) is 1.89. The second kappa shape index (κ2) is 10.2. The molecule has 0 bridgehead atoms. The molecule has 0 aliphatic rings. The molecule has 4 nitrogen and oxygen atoms in total. The lowest BCUT2D eigenvalue weighted by Gasteiger charge is -2.07. The lowest BCUT2D eigenvalue weighted by atomic mass is 10.2. The summed E-state index contributed by atoms with van der Waals surface area (Å²) in [6.07, 6.45) is 0. The van der Waals surface area contributed by atoms with Crippen LogP contribution in [0.25, 0.3) is 0 Å². The number of anilines is 2. The average molecular weight is 304 g/mol.